The van der Waals surface area contributed by atoms with Gasteiger partial charge in [0.1, 0.15) is 11.8 Å². The maximum absolute atomic E-state index is 13.1. The van der Waals surface area contributed by atoms with Gasteiger partial charge in [-0.25, -0.2) is 0 Å². The smallest absolute Gasteiger partial charge is 0.253 e. The highest BCUT2D eigenvalue weighted by molar-refractivity contribution is 6.30. The van der Waals surface area contributed by atoms with Crippen LogP contribution in [0, 0.1) is 5.92 Å². The highest BCUT2D eigenvalue weighted by Gasteiger charge is 2.34. The number of carbonyl (C=O) groups is 3. The highest BCUT2D eigenvalue weighted by atomic mass is 35.5. The van der Waals surface area contributed by atoms with E-state index in [0.29, 0.717) is 47.8 Å². The van der Waals surface area contributed by atoms with E-state index in [2.05, 4.69) is 10.6 Å². The fraction of sp³-hybridized carbons (Fsp3) is 0.269. The molecule has 176 valence electrons. The molecule has 1 aliphatic heterocycles. The Balaban J connectivity index is 1.42. The normalized spacial score (nSPS) is 14.9. The Labute approximate surface area is 203 Å². The van der Waals surface area contributed by atoms with Crippen LogP contribution in [0.2, 0.25) is 5.02 Å². The first-order valence-electron chi connectivity index (χ1n) is 11.2. The van der Waals surface area contributed by atoms with Gasteiger partial charge in [0.25, 0.3) is 11.8 Å². The number of rotatable bonds is 7. The lowest BCUT2D eigenvalue weighted by Crippen LogP contribution is -2.53. The number of halogens is 1. The minimum absolute atomic E-state index is 0.0674. The van der Waals surface area contributed by atoms with Crippen molar-refractivity contribution in [3.05, 3.63) is 94.9 Å². The average Bonchev–Trinajstić information content (AvgIpc) is 3.40. The Bertz CT molecular complexity index is 1110. The molecular formula is C26H26ClN3O4. The molecule has 3 amide bonds. The number of furan rings is 1. The van der Waals surface area contributed by atoms with Crippen LogP contribution in [-0.2, 0) is 11.3 Å². The number of hydrogen-bond donors (Lipinski definition) is 2. The molecule has 1 aliphatic rings. The van der Waals surface area contributed by atoms with Crippen molar-refractivity contribution in [2.45, 2.75) is 25.4 Å². The molecule has 0 spiro atoms. The van der Waals surface area contributed by atoms with E-state index in [9.17, 15) is 14.4 Å². The zero-order valence-electron chi connectivity index (χ0n) is 18.6. The van der Waals surface area contributed by atoms with Crippen LogP contribution in [0.3, 0.4) is 0 Å². The summed E-state index contributed by atoms with van der Waals surface area (Å²) in [6.07, 6.45) is 2.73. The van der Waals surface area contributed by atoms with E-state index in [1.807, 2.05) is 6.07 Å². The van der Waals surface area contributed by atoms with E-state index in [1.165, 1.54) is 0 Å². The Morgan fingerprint density at radius 2 is 1.65 bits per heavy atom. The van der Waals surface area contributed by atoms with Gasteiger partial charge in [0.15, 0.2) is 0 Å². The van der Waals surface area contributed by atoms with E-state index in [0.717, 1.165) is 0 Å². The summed E-state index contributed by atoms with van der Waals surface area (Å²) in [5.74, 6) is -0.132. The number of hydrogen-bond acceptors (Lipinski definition) is 4. The van der Waals surface area contributed by atoms with Crippen molar-refractivity contribution in [1.82, 2.24) is 15.5 Å². The van der Waals surface area contributed by atoms with Crippen LogP contribution in [0.25, 0.3) is 0 Å². The number of carbonyl (C=O) groups excluding carboxylic acids is 3. The summed E-state index contributed by atoms with van der Waals surface area (Å²) in [5, 5.41) is 6.36. The molecule has 2 heterocycles. The van der Waals surface area contributed by atoms with E-state index >= 15 is 0 Å². The predicted molar refractivity (Wildman–Crippen MR) is 128 cm³/mol. The third-order valence-electron chi connectivity index (χ3n) is 6.01. The molecule has 0 radical (unpaired) electrons. The van der Waals surface area contributed by atoms with Crippen molar-refractivity contribution in [2.75, 3.05) is 13.1 Å². The Kier molecular flexibility index (Phi) is 7.65. The van der Waals surface area contributed by atoms with Gasteiger partial charge in [-0.05, 0) is 67.3 Å². The summed E-state index contributed by atoms with van der Waals surface area (Å²) in [4.78, 5) is 40.6. The second kappa shape index (κ2) is 11.0. The van der Waals surface area contributed by atoms with E-state index in [1.54, 1.807) is 71.8 Å². The van der Waals surface area contributed by atoms with Crippen molar-refractivity contribution < 1.29 is 18.8 Å². The van der Waals surface area contributed by atoms with E-state index in [-0.39, 0.29) is 30.2 Å². The number of nitrogens with one attached hydrogen (secondary N) is 2. The van der Waals surface area contributed by atoms with Crippen molar-refractivity contribution in [1.29, 1.82) is 0 Å². The first-order valence-corrected chi connectivity index (χ1v) is 11.6. The van der Waals surface area contributed by atoms with Crippen molar-refractivity contribution >= 4 is 29.3 Å². The average molecular weight is 480 g/mol. The van der Waals surface area contributed by atoms with Crippen molar-refractivity contribution in [2.24, 2.45) is 5.92 Å². The SMILES string of the molecule is O=C(N[C@H](C(=O)NCc1ccco1)C1CCN(C(=O)c2ccc(Cl)cc2)CC1)c1ccccc1. The Morgan fingerprint density at radius 3 is 2.29 bits per heavy atom. The molecule has 0 unspecified atom stereocenters. The van der Waals surface area contributed by atoms with Gasteiger partial charge < -0.3 is 20.0 Å². The molecule has 1 saturated heterocycles. The van der Waals surface area contributed by atoms with Crippen LogP contribution in [0.5, 0.6) is 0 Å². The first kappa shape index (κ1) is 23.6. The second-order valence-corrected chi connectivity index (χ2v) is 8.69. The van der Waals surface area contributed by atoms with Crippen molar-refractivity contribution in [3.8, 4) is 0 Å². The molecule has 0 aliphatic carbocycles. The lowest BCUT2D eigenvalue weighted by Gasteiger charge is -2.35. The number of benzene rings is 2. The summed E-state index contributed by atoms with van der Waals surface area (Å²) in [5.41, 5.74) is 1.06. The molecule has 1 fully saturated rings. The summed E-state index contributed by atoms with van der Waals surface area (Å²) in [6, 6.07) is 18.4. The maximum atomic E-state index is 13.1. The van der Waals surface area contributed by atoms with Gasteiger partial charge in [-0.2, -0.15) is 0 Å². The summed E-state index contributed by atoms with van der Waals surface area (Å²) >= 11 is 5.93. The minimum Gasteiger partial charge on any atom is -0.467 e. The molecule has 1 atom stereocenters. The molecular weight excluding hydrogens is 454 g/mol. The van der Waals surface area contributed by atoms with Crippen LogP contribution >= 0.6 is 11.6 Å². The number of likely N-dealkylation sites (tertiary alicyclic amines) is 1. The van der Waals surface area contributed by atoms with Crippen LogP contribution < -0.4 is 10.6 Å². The highest BCUT2D eigenvalue weighted by Crippen LogP contribution is 2.23. The Morgan fingerprint density at radius 1 is 0.941 bits per heavy atom. The minimum atomic E-state index is -0.726. The summed E-state index contributed by atoms with van der Waals surface area (Å²) in [6.45, 7) is 1.22. The van der Waals surface area contributed by atoms with Gasteiger partial charge in [0, 0.05) is 29.2 Å². The fourth-order valence-electron chi connectivity index (χ4n) is 4.12. The topological polar surface area (TPSA) is 91.7 Å². The third kappa shape index (κ3) is 5.85. The first-order chi connectivity index (χ1) is 16.5. The quantitative estimate of drug-likeness (QED) is 0.537. The molecule has 8 heteroatoms. The number of nitrogens with zero attached hydrogens (tertiary/aromatic N) is 1. The number of amides is 3. The lowest BCUT2D eigenvalue weighted by atomic mass is 9.88. The van der Waals surface area contributed by atoms with Gasteiger partial charge in [-0.3, -0.25) is 14.4 Å². The van der Waals surface area contributed by atoms with Crippen LogP contribution in [-0.4, -0.2) is 41.8 Å². The number of piperidine rings is 1. The zero-order chi connectivity index (χ0) is 23.9. The monoisotopic (exact) mass is 479 g/mol. The molecule has 2 N–H and O–H groups in total. The summed E-state index contributed by atoms with van der Waals surface area (Å²) < 4.78 is 5.29. The largest absolute Gasteiger partial charge is 0.467 e. The van der Waals surface area contributed by atoms with Crippen LogP contribution in [0.15, 0.2) is 77.4 Å². The van der Waals surface area contributed by atoms with Gasteiger partial charge in [0.2, 0.25) is 5.91 Å². The standard InChI is InChI=1S/C26H26ClN3O4/c27-21-10-8-20(9-11-21)26(33)30-14-12-18(13-15-30)23(25(32)28-17-22-7-4-16-34-22)29-24(31)19-5-2-1-3-6-19/h1-11,16,18,23H,12-15,17H2,(H,28,32)(H,29,31)/t23-/m0/s1. The van der Waals surface area contributed by atoms with E-state index in [4.69, 9.17) is 16.0 Å². The third-order valence-corrected chi connectivity index (χ3v) is 6.26. The fourth-order valence-corrected chi connectivity index (χ4v) is 4.25. The predicted octanol–water partition coefficient (Wildman–Crippen LogP) is 3.90. The molecule has 2 aromatic carbocycles. The molecule has 3 aromatic rings. The van der Waals surface area contributed by atoms with E-state index < -0.39 is 6.04 Å². The van der Waals surface area contributed by atoms with Crippen LogP contribution in [0.1, 0.15) is 39.3 Å². The van der Waals surface area contributed by atoms with Gasteiger partial charge >= 0.3 is 0 Å². The van der Waals surface area contributed by atoms with Gasteiger partial charge in [0.05, 0.1) is 12.8 Å². The second-order valence-electron chi connectivity index (χ2n) is 8.25. The molecule has 34 heavy (non-hydrogen) atoms. The van der Waals surface area contributed by atoms with Crippen LogP contribution in [0.4, 0.5) is 0 Å². The molecule has 4 rings (SSSR count). The maximum Gasteiger partial charge on any atom is 0.253 e. The molecule has 0 saturated carbocycles. The van der Waals surface area contributed by atoms with Gasteiger partial charge in [-0.1, -0.05) is 29.8 Å². The van der Waals surface area contributed by atoms with Crippen molar-refractivity contribution in [3.63, 3.8) is 0 Å². The molecule has 7 nitrogen and oxygen atoms in total. The Hall–Kier alpha value is -3.58. The molecule has 1 aromatic heterocycles. The zero-order valence-corrected chi connectivity index (χ0v) is 19.3. The lowest BCUT2D eigenvalue weighted by molar-refractivity contribution is -0.124. The molecule has 0 bridgehead atoms. The summed E-state index contributed by atoms with van der Waals surface area (Å²) in [7, 11) is 0. The van der Waals surface area contributed by atoms with Gasteiger partial charge in [-0.15, -0.1) is 0 Å².